The molecule has 2 rings (SSSR count). The van der Waals surface area contributed by atoms with Crippen molar-refractivity contribution in [1.29, 1.82) is 0 Å². The van der Waals surface area contributed by atoms with Crippen LogP contribution in [0.15, 0.2) is 18.7 Å². The molecule has 1 aromatic heterocycles. The third kappa shape index (κ3) is 2.30. The molecule has 2 heterocycles. The molecule has 1 aliphatic rings. The number of rotatable bonds is 3. The minimum atomic E-state index is -0.137. The lowest BCUT2D eigenvalue weighted by Crippen LogP contribution is -2.19. The molecule has 1 atom stereocenters. The number of fused-ring (bicyclic) bond motifs is 1. The molecule has 16 heavy (non-hydrogen) atoms. The van der Waals surface area contributed by atoms with Crippen LogP contribution in [0.1, 0.15) is 18.2 Å². The van der Waals surface area contributed by atoms with Crippen molar-refractivity contribution in [1.82, 2.24) is 4.98 Å². The summed E-state index contributed by atoms with van der Waals surface area (Å²) in [6.45, 7) is 4.78. The molecular weight excluding hydrogens is 319 g/mol. The minimum absolute atomic E-state index is 0.137. The fourth-order valence-electron chi connectivity index (χ4n) is 1.50. The van der Waals surface area contributed by atoms with Crippen LogP contribution in [0.4, 0.5) is 0 Å². The molecule has 0 aliphatic carbocycles. The second-order valence-electron chi connectivity index (χ2n) is 3.49. The van der Waals surface area contributed by atoms with Crippen molar-refractivity contribution in [2.24, 2.45) is 5.73 Å². The SMILES string of the molecule is C=CC[C@H](N)c1cc(I)c2c(n1)OCCO2. The number of hydrogen-bond acceptors (Lipinski definition) is 4. The van der Waals surface area contributed by atoms with E-state index in [1.807, 2.05) is 6.07 Å². The molecule has 0 saturated carbocycles. The van der Waals surface area contributed by atoms with Gasteiger partial charge in [-0.25, -0.2) is 4.98 Å². The Morgan fingerprint density at radius 2 is 2.31 bits per heavy atom. The van der Waals surface area contributed by atoms with E-state index in [0.717, 1.165) is 15.0 Å². The zero-order valence-electron chi connectivity index (χ0n) is 8.78. The highest BCUT2D eigenvalue weighted by atomic mass is 127. The number of nitrogens with zero attached hydrogens (tertiary/aromatic N) is 1. The third-order valence-electron chi connectivity index (χ3n) is 2.29. The maximum Gasteiger partial charge on any atom is 0.258 e. The molecule has 0 amide bonds. The van der Waals surface area contributed by atoms with Gasteiger partial charge in [0.1, 0.15) is 13.2 Å². The van der Waals surface area contributed by atoms with Gasteiger partial charge in [-0.2, -0.15) is 0 Å². The van der Waals surface area contributed by atoms with Crippen molar-refractivity contribution in [3.05, 3.63) is 28.0 Å². The summed E-state index contributed by atoms with van der Waals surface area (Å²) in [5.41, 5.74) is 6.79. The smallest absolute Gasteiger partial charge is 0.258 e. The molecule has 0 aromatic carbocycles. The van der Waals surface area contributed by atoms with Gasteiger partial charge in [-0.3, -0.25) is 0 Å². The summed E-state index contributed by atoms with van der Waals surface area (Å²) in [6, 6.07) is 1.80. The molecule has 0 saturated heterocycles. The Morgan fingerprint density at radius 3 is 3.06 bits per heavy atom. The van der Waals surface area contributed by atoms with Crippen molar-refractivity contribution in [2.75, 3.05) is 13.2 Å². The van der Waals surface area contributed by atoms with E-state index in [1.165, 1.54) is 0 Å². The fourth-order valence-corrected chi connectivity index (χ4v) is 2.20. The van der Waals surface area contributed by atoms with Crippen LogP contribution in [0.25, 0.3) is 0 Å². The molecule has 0 spiro atoms. The largest absolute Gasteiger partial charge is 0.483 e. The Labute approximate surface area is 108 Å². The van der Waals surface area contributed by atoms with Crippen LogP contribution in [0.3, 0.4) is 0 Å². The van der Waals surface area contributed by atoms with Crippen molar-refractivity contribution in [3.8, 4) is 11.6 Å². The Bertz CT molecular complexity index is 409. The number of halogens is 1. The predicted octanol–water partition coefficient (Wildman–Crippen LogP) is 2.03. The number of aromatic nitrogens is 1. The average molecular weight is 332 g/mol. The van der Waals surface area contributed by atoms with Crippen LogP contribution < -0.4 is 15.2 Å². The summed E-state index contributed by atoms with van der Waals surface area (Å²) in [7, 11) is 0. The van der Waals surface area contributed by atoms with Gasteiger partial charge in [0.25, 0.3) is 5.88 Å². The standard InChI is InChI=1S/C11H13IN2O2/c1-2-3-8(13)9-6-7(12)10-11(14-9)16-5-4-15-10/h2,6,8H,1,3-5,13H2/t8-/m0/s1. The van der Waals surface area contributed by atoms with Gasteiger partial charge in [0.2, 0.25) is 0 Å². The van der Waals surface area contributed by atoms with Gasteiger partial charge >= 0.3 is 0 Å². The molecule has 1 aliphatic heterocycles. The Morgan fingerprint density at radius 1 is 1.56 bits per heavy atom. The monoisotopic (exact) mass is 332 g/mol. The molecule has 1 aromatic rings. The van der Waals surface area contributed by atoms with Crippen molar-refractivity contribution < 1.29 is 9.47 Å². The van der Waals surface area contributed by atoms with E-state index in [4.69, 9.17) is 15.2 Å². The quantitative estimate of drug-likeness (QED) is 0.680. The minimum Gasteiger partial charge on any atom is -0.483 e. The van der Waals surface area contributed by atoms with Gasteiger partial charge in [-0.1, -0.05) is 6.08 Å². The molecule has 2 N–H and O–H groups in total. The Kier molecular flexibility index (Phi) is 3.65. The van der Waals surface area contributed by atoms with E-state index in [0.29, 0.717) is 25.5 Å². The van der Waals surface area contributed by atoms with E-state index >= 15 is 0 Å². The van der Waals surface area contributed by atoms with Gasteiger partial charge in [-0.05, 0) is 35.1 Å². The van der Waals surface area contributed by atoms with E-state index in [-0.39, 0.29) is 6.04 Å². The molecule has 0 fully saturated rings. The summed E-state index contributed by atoms with van der Waals surface area (Å²) in [5.74, 6) is 1.27. The zero-order valence-corrected chi connectivity index (χ0v) is 10.9. The van der Waals surface area contributed by atoms with Crippen molar-refractivity contribution in [2.45, 2.75) is 12.5 Å². The highest BCUT2D eigenvalue weighted by Gasteiger charge is 2.19. The van der Waals surface area contributed by atoms with Gasteiger partial charge in [-0.15, -0.1) is 6.58 Å². The summed E-state index contributed by atoms with van der Waals surface area (Å²) >= 11 is 2.20. The topological polar surface area (TPSA) is 57.4 Å². The van der Waals surface area contributed by atoms with E-state index in [1.54, 1.807) is 6.08 Å². The first kappa shape index (κ1) is 11.7. The molecular formula is C11H13IN2O2. The normalized spacial score (nSPS) is 15.6. The van der Waals surface area contributed by atoms with Gasteiger partial charge < -0.3 is 15.2 Å². The first-order chi connectivity index (χ1) is 7.72. The van der Waals surface area contributed by atoms with E-state index < -0.39 is 0 Å². The van der Waals surface area contributed by atoms with E-state index in [9.17, 15) is 0 Å². The highest BCUT2D eigenvalue weighted by Crippen LogP contribution is 2.34. The van der Waals surface area contributed by atoms with Crippen LogP contribution in [0.5, 0.6) is 11.6 Å². The lowest BCUT2D eigenvalue weighted by molar-refractivity contribution is 0.162. The second kappa shape index (κ2) is 5.01. The summed E-state index contributed by atoms with van der Waals surface area (Å²) in [4.78, 5) is 4.37. The molecule has 0 unspecified atom stereocenters. The maximum atomic E-state index is 5.97. The maximum absolute atomic E-state index is 5.97. The van der Waals surface area contributed by atoms with Crippen LogP contribution in [-0.2, 0) is 0 Å². The Hall–Kier alpha value is -0.820. The molecule has 4 nitrogen and oxygen atoms in total. The molecule has 5 heteroatoms. The van der Waals surface area contributed by atoms with Crippen molar-refractivity contribution >= 4 is 22.6 Å². The lowest BCUT2D eigenvalue weighted by atomic mass is 10.1. The van der Waals surface area contributed by atoms with Crippen LogP contribution in [0.2, 0.25) is 0 Å². The predicted molar refractivity (Wildman–Crippen MR) is 69.7 cm³/mol. The number of ether oxygens (including phenoxy) is 2. The molecule has 0 radical (unpaired) electrons. The van der Waals surface area contributed by atoms with E-state index in [2.05, 4.69) is 34.2 Å². The summed E-state index contributed by atoms with van der Waals surface area (Å²) in [5, 5.41) is 0. The molecule has 86 valence electrons. The van der Waals surface area contributed by atoms with Crippen molar-refractivity contribution in [3.63, 3.8) is 0 Å². The van der Waals surface area contributed by atoms with Crippen LogP contribution >= 0.6 is 22.6 Å². The average Bonchev–Trinajstić information content (AvgIpc) is 2.29. The fraction of sp³-hybridized carbons (Fsp3) is 0.364. The number of hydrogen-bond donors (Lipinski definition) is 1. The third-order valence-corrected chi connectivity index (χ3v) is 3.09. The first-order valence-electron chi connectivity index (χ1n) is 5.05. The summed E-state index contributed by atoms with van der Waals surface area (Å²) in [6.07, 6.45) is 2.48. The Balaban J connectivity index is 2.34. The summed E-state index contributed by atoms with van der Waals surface area (Å²) < 4.78 is 11.9. The van der Waals surface area contributed by atoms with Gasteiger partial charge in [0, 0.05) is 0 Å². The lowest BCUT2D eigenvalue weighted by Gasteiger charge is -2.20. The van der Waals surface area contributed by atoms with Crippen LogP contribution in [0, 0.1) is 3.57 Å². The zero-order chi connectivity index (χ0) is 11.5. The highest BCUT2D eigenvalue weighted by molar-refractivity contribution is 14.1. The molecule has 0 bridgehead atoms. The van der Waals surface area contributed by atoms with Crippen LogP contribution in [-0.4, -0.2) is 18.2 Å². The second-order valence-corrected chi connectivity index (χ2v) is 4.65. The van der Waals surface area contributed by atoms with Gasteiger partial charge in [0.15, 0.2) is 5.75 Å². The first-order valence-corrected chi connectivity index (χ1v) is 6.12. The number of pyridine rings is 1. The number of nitrogens with two attached hydrogens (primary N) is 1. The van der Waals surface area contributed by atoms with Gasteiger partial charge in [0.05, 0.1) is 15.3 Å².